The highest BCUT2D eigenvalue weighted by Gasteiger charge is 2.22. The van der Waals surface area contributed by atoms with Gasteiger partial charge in [-0.2, -0.15) is 0 Å². The van der Waals surface area contributed by atoms with Crippen LogP contribution in [0.2, 0.25) is 0 Å². The molecule has 0 atom stereocenters. The van der Waals surface area contributed by atoms with E-state index in [4.69, 9.17) is 0 Å². The number of rotatable bonds is 1. The van der Waals surface area contributed by atoms with E-state index < -0.39 is 0 Å². The zero-order valence-corrected chi connectivity index (χ0v) is 11.4. The Labute approximate surface area is 117 Å². The first-order chi connectivity index (χ1) is 9.34. The lowest BCUT2D eigenvalue weighted by atomic mass is 10.0. The minimum atomic E-state index is 0.110. The van der Waals surface area contributed by atoms with Gasteiger partial charge < -0.3 is 4.90 Å². The summed E-state index contributed by atoms with van der Waals surface area (Å²) in [6.45, 7) is 0.815. The van der Waals surface area contributed by atoms with Crippen molar-refractivity contribution in [1.82, 2.24) is 0 Å². The Morgan fingerprint density at radius 1 is 1.00 bits per heavy atom. The number of benzene rings is 2. The summed E-state index contributed by atoms with van der Waals surface area (Å²) in [6.07, 6.45) is 2.11. The highest BCUT2D eigenvalue weighted by molar-refractivity contribution is 8.14. The van der Waals surface area contributed by atoms with E-state index in [1.54, 1.807) is 0 Å². The van der Waals surface area contributed by atoms with Gasteiger partial charge in [-0.3, -0.25) is 4.79 Å². The third kappa shape index (κ3) is 2.66. The third-order valence-corrected chi connectivity index (χ3v) is 4.18. The number of anilines is 1. The summed E-state index contributed by atoms with van der Waals surface area (Å²) in [5.41, 5.74) is 2.35. The van der Waals surface area contributed by atoms with Crippen molar-refractivity contribution in [1.29, 1.82) is 0 Å². The van der Waals surface area contributed by atoms with E-state index in [9.17, 15) is 4.79 Å². The zero-order chi connectivity index (χ0) is 13.1. The van der Waals surface area contributed by atoms with Crippen molar-refractivity contribution in [3.8, 4) is 0 Å². The fourth-order valence-electron chi connectivity index (χ4n) is 2.37. The van der Waals surface area contributed by atoms with E-state index >= 15 is 0 Å². The van der Waals surface area contributed by atoms with Gasteiger partial charge in [0, 0.05) is 17.1 Å². The molecule has 1 aliphatic heterocycles. The summed E-state index contributed by atoms with van der Waals surface area (Å²) >= 11 is 1.30. The average molecular weight is 269 g/mol. The Morgan fingerprint density at radius 2 is 1.74 bits per heavy atom. The molecule has 19 heavy (non-hydrogen) atoms. The summed E-state index contributed by atoms with van der Waals surface area (Å²) in [6, 6.07) is 18.0. The molecule has 0 aliphatic carbocycles. The maximum absolute atomic E-state index is 12.4. The van der Waals surface area contributed by atoms with E-state index in [-0.39, 0.29) is 5.24 Å². The maximum atomic E-state index is 12.4. The van der Waals surface area contributed by atoms with Crippen LogP contribution in [0.4, 0.5) is 10.5 Å². The van der Waals surface area contributed by atoms with Crippen LogP contribution in [-0.4, -0.2) is 11.8 Å². The maximum Gasteiger partial charge on any atom is 0.290 e. The molecule has 3 heteroatoms. The lowest BCUT2D eigenvalue weighted by Gasteiger charge is -2.28. The van der Waals surface area contributed by atoms with Crippen LogP contribution >= 0.6 is 11.8 Å². The van der Waals surface area contributed by atoms with Crippen molar-refractivity contribution in [2.24, 2.45) is 0 Å². The van der Waals surface area contributed by atoms with Crippen LogP contribution in [-0.2, 0) is 6.42 Å². The normalized spacial score (nSPS) is 14.0. The molecule has 2 nitrogen and oxygen atoms in total. The zero-order valence-electron chi connectivity index (χ0n) is 10.6. The summed E-state index contributed by atoms with van der Waals surface area (Å²) in [5, 5.41) is 0.110. The Kier molecular flexibility index (Phi) is 3.56. The fourth-order valence-corrected chi connectivity index (χ4v) is 3.16. The minimum Gasteiger partial charge on any atom is -0.303 e. The Balaban J connectivity index is 1.82. The third-order valence-electron chi connectivity index (χ3n) is 3.28. The second kappa shape index (κ2) is 5.49. The molecule has 2 aromatic carbocycles. The molecule has 1 aliphatic rings. The Morgan fingerprint density at radius 3 is 2.58 bits per heavy atom. The molecule has 0 unspecified atom stereocenters. The van der Waals surface area contributed by atoms with Gasteiger partial charge in [0.05, 0.1) is 0 Å². The number of nitrogens with zero attached hydrogens (tertiary/aromatic N) is 1. The van der Waals surface area contributed by atoms with Gasteiger partial charge in [-0.25, -0.2) is 0 Å². The number of aryl methyl sites for hydroxylation is 1. The number of para-hydroxylation sites is 1. The molecule has 0 saturated heterocycles. The largest absolute Gasteiger partial charge is 0.303 e. The molecule has 0 N–H and O–H groups in total. The smallest absolute Gasteiger partial charge is 0.290 e. The van der Waals surface area contributed by atoms with E-state index in [0.29, 0.717) is 0 Å². The van der Waals surface area contributed by atoms with Crippen molar-refractivity contribution in [2.45, 2.75) is 17.7 Å². The summed E-state index contributed by atoms with van der Waals surface area (Å²) in [4.78, 5) is 15.3. The summed E-state index contributed by atoms with van der Waals surface area (Å²) in [7, 11) is 0. The van der Waals surface area contributed by atoms with Crippen LogP contribution in [0.15, 0.2) is 59.5 Å². The highest BCUT2D eigenvalue weighted by atomic mass is 32.2. The van der Waals surface area contributed by atoms with Crippen molar-refractivity contribution >= 4 is 22.7 Å². The standard InChI is InChI=1S/C16H15NOS/c18-16(19-14-9-2-1-3-10-14)17-12-6-8-13-7-4-5-11-15(13)17/h1-5,7,9-11H,6,8,12H2. The lowest BCUT2D eigenvalue weighted by molar-refractivity contribution is 0.264. The summed E-state index contributed by atoms with van der Waals surface area (Å²) in [5.74, 6) is 0. The molecule has 0 bridgehead atoms. The molecule has 3 rings (SSSR count). The van der Waals surface area contributed by atoms with Crippen LogP contribution in [0.5, 0.6) is 0 Å². The van der Waals surface area contributed by atoms with Crippen LogP contribution in [0.25, 0.3) is 0 Å². The van der Waals surface area contributed by atoms with E-state index in [1.807, 2.05) is 53.4 Å². The molecule has 0 fully saturated rings. The molecule has 0 radical (unpaired) electrons. The number of hydrogen-bond donors (Lipinski definition) is 0. The molecular weight excluding hydrogens is 254 g/mol. The molecular formula is C16H15NOS. The van der Waals surface area contributed by atoms with Gasteiger partial charge in [0.2, 0.25) is 0 Å². The topological polar surface area (TPSA) is 20.3 Å². The average Bonchev–Trinajstić information content (AvgIpc) is 2.47. The van der Waals surface area contributed by atoms with Gasteiger partial charge in [-0.15, -0.1) is 0 Å². The fraction of sp³-hybridized carbons (Fsp3) is 0.188. The first kappa shape index (κ1) is 12.3. The van der Waals surface area contributed by atoms with Crippen LogP contribution in [0, 0.1) is 0 Å². The SMILES string of the molecule is O=C(Sc1ccccc1)N1CCCc2ccccc21. The van der Waals surface area contributed by atoms with Crippen LogP contribution < -0.4 is 4.90 Å². The first-order valence-electron chi connectivity index (χ1n) is 6.47. The van der Waals surface area contributed by atoms with Crippen molar-refractivity contribution in [3.63, 3.8) is 0 Å². The number of thioether (sulfide) groups is 1. The second-order valence-electron chi connectivity index (χ2n) is 4.56. The molecule has 0 saturated carbocycles. The van der Waals surface area contributed by atoms with Gasteiger partial charge in [0.25, 0.3) is 5.24 Å². The van der Waals surface area contributed by atoms with Gasteiger partial charge in [-0.05, 0) is 48.4 Å². The van der Waals surface area contributed by atoms with E-state index in [1.165, 1.54) is 17.3 Å². The first-order valence-corrected chi connectivity index (χ1v) is 7.28. The monoisotopic (exact) mass is 269 g/mol. The van der Waals surface area contributed by atoms with Crippen LogP contribution in [0.3, 0.4) is 0 Å². The number of fused-ring (bicyclic) bond motifs is 1. The van der Waals surface area contributed by atoms with Gasteiger partial charge in [0.15, 0.2) is 0 Å². The van der Waals surface area contributed by atoms with Crippen molar-refractivity contribution < 1.29 is 4.79 Å². The molecule has 2 aromatic rings. The minimum absolute atomic E-state index is 0.110. The van der Waals surface area contributed by atoms with Crippen LogP contribution in [0.1, 0.15) is 12.0 Å². The molecule has 1 heterocycles. The van der Waals surface area contributed by atoms with Crippen molar-refractivity contribution in [3.05, 3.63) is 60.2 Å². The molecule has 0 aromatic heterocycles. The van der Waals surface area contributed by atoms with Gasteiger partial charge >= 0.3 is 0 Å². The predicted molar refractivity (Wildman–Crippen MR) is 79.8 cm³/mol. The quantitative estimate of drug-likeness (QED) is 0.717. The lowest BCUT2D eigenvalue weighted by Crippen LogP contribution is -2.32. The van der Waals surface area contributed by atoms with E-state index in [2.05, 4.69) is 6.07 Å². The highest BCUT2D eigenvalue weighted by Crippen LogP contribution is 2.31. The molecule has 0 spiro atoms. The van der Waals surface area contributed by atoms with Gasteiger partial charge in [-0.1, -0.05) is 36.4 Å². The number of hydrogen-bond acceptors (Lipinski definition) is 2. The number of carbonyl (C=O) groups excluding carboxylic acids is 1. The van der Waals surface area contributed by atoms with Crippen molar-refractivity contribution in [2.75, 3.05) is 11.4 Å². The number of amides is 1. The molecule has 96 valence electrons. The Bertz CT molecular complexity index is 582. The van der Waals surface area contributed by atoms with Gasteiger partial charge in [0.1, 0.15) is 0 Å². The number of carbonyl (C=O) groups is 1. The van der Waals surface area contributed by atoms with E-state index in [0.717, 1.165) is 30.0 Å². The summed E-state index contributed by atoms with van der Waals surface area (Å²) < 4.78 is 0. The Hall–Kier alpha value is -1.74. The second-order valence-corrected chi connectivity index (χ2v) is 5.59. The molecule has 1 amide bonds. The predicted octanol–water partition coefficient (Wildman–Crippen LogP) is 4.35.